The molecule has 0 saturated heterocycles. The molecule has 11 aromatic rings. The number of fused-ring (bicyclic) bond motifs is 6. The van der Waals surface area contributed by atoms with Crippen molar-refractivity contribution in [3.63, 3.8) is 0 Å². The van der Waals surface area contributed by atoms with Gasteiger partial charge in [-0.2, -0.15) is 0 Å². The van der Waals surface area contributed by atoms with Crippen LogP contribution in [0.5, 0.6) is 0 Å². The molecule has 0 amide bonds. The second-order valence-corrected chi connectivity index (χ2v) is 15.0. The second-order valence-electron chi connectivity index (χ2n) is 13.9. The van der Waals surface area contributed by atoms with Crippen LogP contribution in [-0.4, -0.2) is 15.0 Å². The normalized spacial score (nSPS) is 11.6. The topological polar surface area (TPSA) is 51.8 Å². The SMILES string of the molecule is c1ccc(-c2ccc(-c3nc(-c4ccccc4)nc(-c4cccc5c4oc4ccc(-c6cccc7c6sc6c(-c8ccccc8)cccc67)cc45)n3)cc2)cc1. The van der Waals surface area contributed by atoms with Gasteiger partial charge in [0.15, 0.2) is 17.5 Å². The van der Waals surface area contributed by atoms with Crippen molar-refractivity contribution in [1.29, 1.82) is 0 Å². The van der Waals surface area contributed by atoms with Gasteiger partial charge in [0.05, 0.1) is 5.56 Å². The summed E-state index contributed by atoms with van der Waals surface area (Å²) in [5.41, 5.74) is 11.4. The van der Waals surface area contributed by atoms with Crippen LogP contribution in [0.15, 0.2) is 192 Å². The van der Waals surface area contributed by atoms with Gasteiger partial charge < -0.3 is 4.42 Å². The summed E-state index contributed by atoms with van der Waals surface area (Å²) in [5, 5.41) is 4.63. The van der Waals surface area contributed by atoms with E-state index in [9.17, 15) is 0 Å². The van der Waals surface area contributed by atoms with Crippen molar-refractivity contribution >= 4 is 53.4 Å². The lowest BCUT2D eigenvalue weighted by Crippen LogP contribution is -2.00. The highest BCUT2D eigenvalue weighted by atomic mass is 32.1. The highest BCUT2D eigenvalue weighted by Crippen LogP contribution is 2.45. The quantitative estimate of drug-likeness (QED) is 0.171. The van der Waals surface area contributed by atoms with Crippen LogP contribution in [0, 0.1) is 0 Å². The van der Waals surface area contributed by atoms with Crippen molar-refractivity contribution in [3.05, 3.63) is 188 Å². The molecule has 262 valence electrons. The van der Waals surface area contributed by atoms with Crippen LogP contribution in [0.2, 0.25) is 0 Å². The molecule has 5 heteroatoms. The maximum Gasteiger partial charge on any atom is 0.167 e. The maximum absolute atomic E-state index is 6.69. The summed E-state index contributed by atoms with van der Waals surface area (Å²) in [6.45, 7) is 0. The van der Waals surface area contributed by atoms with Crippen LogP contribution in [0.25, 0.3) is 110 Å². The molecule has 0 saturated carbocycles. The summed E-state index contributed by atoms with van der Waals surface area (Å²) in [6, 6.07) is 65.6. The van der Waals surface area contributed by atoms with Crippen LogP contribution in [0.1, 0.15) is 0 Å². The lowest BCUT2D eigenvalue weighted by molar-refractivity contribution is 0.669. The Bertz CT molecular complexity index is 3230. The van der Waals surface area contributed by atoms with Gasteiger partial charge in [0.25, 0.3) is 0 Å². The molecule has 0 atom stereocenters. The summed E-state index contributed by atoms with van der Waals surface area (Å²) >= 11 is 1.87. The third-order valence-electron chi connectivity index (χ3n) is 10.6. The zero-order valence-corrected chi connectivity index (χ0v) is 30.9. The van der Waals surface area contributed by atoms with Gasteiger partial charge >= 0.3 is 0 Å². The highest BCUT2D eigenvalue weighted by Gasteiger charge is 2.19. The molecule has 56 heavy (non-hydrogen) atoms. The van der Waals surface area contributed by atoms with E-state index in [0.717, 1.165) is 55.3 Å². The third-order valence-corrected chi connectivity index (χ3v) is 11.9. The van der Waals surface area contributed by atoms with Crippen LogP contribution in [0.4, 0.5) is 0 Å². The summed E-state index contributed by atoms with van der Waals surface area (Å²) in [7, 11) is 0. The number of thiophene rings is 1. The number of benzene rings is 8. The van der Waals surface area contributed by atoms with E-state index in [1.165, 1.54) is 36.9 Å². The minimum atomic E-state index is 0.565. The number of nitrogens with zero attached hydrogens (tertiary/aromatic N) is 3. The average Bonchev–Trinajstić information content (AvgIpc) is 3.86. The third kappa shape index (κ3) is 5.48. The Hall–Kier alpha value is -7.21. The Morgan fingerprint density at radius 2 is 0.786 bits per heavy atom. The molecule has 0 aliphatic heterocycles. The van der Waals surface area contributed by atoms with Gasteiger partial charge in [0.1, 0.15) is 11.2 Å². The van der Waals surface area contributed by atoms with Gasteiger partial charge in [-0.1, -0.05) is 170 Å². The summed E-state index contributed by atoms with van der Waals surface area (Å²) < 4.78 is 9.27. The fourth-order valence-corrected chi connectivity index (χ4v) is 9.19. The van der Waals surface area contributed by atoms with Gasteiger partial charge in [-0.25, -0.2) is 15.0 Å². The Morgan fingerprint density at radius 1 is 0.321 bits per heavy atom. The number of furan rings is 1. The first-order valence-corrected chi connectivity index (χ1v) is 19.5. The van der Waals surface area contributed by atoms with Crippen LogP contribution >= 0.6 is 11.3 Å². The first-order valence-electron chi connectivity index (χ1n) is 18.7. The van der Waals surface area contributed by atoms with E-state index in [4.69, 9.17) is 19.4 Å². The molecule has 0 aliphatic rings. The van der Waals surface area contributed by atoms with Crippen molar-refractivity contribution in [2.24, 2.45) is 0 Å². The molecular formula is C51H31N3OS. The zero-order chi connectivity index (χ0) is 37.0. The molecule has 0 spiro atoms. The molecule has 0 unspecified atom stereocenters. The Kier molecular flexibility index (Phi) is 7.64. The van der Waals surface area contributed by atoms with E-state index < -0.39 is 0 Å². The van der Waals surface area contributed by atoms with E-state index >= 15 is 0 Å². The van der Waals surface area contributed by atoms with Crippen molar-refractivity contribution in [3.8, 4) is 67.5 Å². The number of hydrogen-bond acceptors (Lipinski definition) is 5. The molecule has 0 bridgehead atoms. The summed E-state index contributed by atoms with van der Waals surface area (Å²) in [5.74, 6) is 1.78. The fraction of sp³-hybridized carbons (Fsp3) is 0. The number of hydrogen-bond donors (Lipinski definition) is 0. The predicted octanol–water partition coefficient (Wildman–Crippen LogP) is 14.1. The van der Waals surface area contributed by atoms with Crippen molar-refractivity contribution in [2.45, 2.75) is 0 Å². The monoisotopic (exact) mass is 733 g/mol. The zero-order valence-electron chi connectivity index (χ0n) is 30.1. The molecule has 4 nitrogen and oxygen atoms in total. The Labute approximate surface area is 327 Å². The first kappa shape index (κ1) is 32.2. The number of para-hydroxylation sites is 1. The van der Waals surface area contributed by atoms with Gasteiger partial charge in [-0.05, 0) is 51.6 Å². The summed E-state index contributed by atoms with van der Waals surface area (Å²) in [4.78, 5) is 15.1. The molecule has 11 rings (SSSR count). The van der Waals surface area contributed by atoms with Crippen LogP contribution < -0.4 is 0 Å². The molecule has 3 heterocycles. The molecule has 0 radical (unpaired) electrons. The standard InChI is InChI=1S/C51H31N3OS/c1-4-13-32(14-5-1)33-25-27-36(28-26-33)50-52-49(35-17-8-3-9-18-35)53-51(54-50)43-24-12-21-40-44-31-37(29-30-45(44)55-46(40)43)39-20-11-23-42-41-22-10-19-38(47(41)56-48(39)42)34-15-6-2-7-16-34/h1-31H. The first-order chi connectivity index (χ1) is 27.7. The Balaban J connectivity index is 1.04. The number of rotatable bonds is 6. The van der Waals surface area contributed by atoms with Crippen molar-refractivity contribution in [2.75, 3.05) is 0 Å². The molecule has 0 N–H and O–H groups in total. The van der Waals surface area contributed by atoms with Gasteiger partial charge in [0.2, 0.25) is 0 Å². The van der Waals surface area contributed by atoms with E-state index in [0.29, 0.717) is 17.5 Å². The van der Waals surface area contributed by atoms with Crippen molar-refractivity contribution < 1.29 is 4.42 Å². The van der Waals surface area contributed by atoms with Gasteiger partial charge in [0, 0.05) is 42.1 Å². The smallest absolute Gasteiger partial charge is 0.167 e. The van der Waals surface area contributed by atoms with E-state index in [1.807, 2.05) is 53.8 Å². The van der Waals surface area contributed by atoms with Gasteiger partial charge in [-0.3, -0.25) is 0 Å². The van der Waals surface area contributed by atoms with E-state index in [-0.39, 0.29) is 0 Å². The highest BCUT2D eigenvalue weighted by molar-refractivity contribution is 7.26. The average molecular weight is 734 g/mol. The lowest BCUT2D eigenvalue weighted by Gasteiger charge is -2.09. The van der Waals surface area contributed by atoms with Crippen LogP contribution in [0.3, 0.4) is 0 Å². The van der Waals surface area contributed by atoms with Crippen LogP contribution in [-0.2, 0) is 0 Å². The molecule has 0 aliphatic carbocycles. The second kappa shape index (κ2) is 13.3. The van der Waals surface area contributed by atoms with E-state index in [2.05, 4.69) is 146 Å². The Morgan fingerprint density at radius 3 is 1.43 bits per heavy atom. The molecule has 3 aromatic heterocycles. The largest absolute Gasteiger partial charge is 0.455 e. The fourth-order valence-electron chi connectivity index (χ4n) is 7.82. The number of aromatic nitrogens is 3. The minimum absolute atomic E-state index is 0.565. The van der Waals surface area contributed by atoms with Crippen molar-refractivity contribution in [1.82, 2.24) is 15.0 Å². The molecule has 0 fully saturated rings. The van der Waals surface area contributed by atoms with Gasteiger partial charge in [-0.15, -0.1) is 11.3 Å². The summed E-state index contributed by atoms with van der Waals surface area (Å²) in [6.07, 6.45) is 0. The molecule has 8 aromatic carbocycles. The maximum atomic E-state index is 6.69. The minimum Gasteiger partial charge on any atom is -0.455 e. The van der Waals surface area contributed by atoms with E-state index in [1.54, 1.807) is 0 Å². The lowest BCUT2D eigenvalue weighted by atomic mass is 9.99. The predicted molar refractivity (Wildman–Crippen MR) is 233 cm³/mol. The molecular weight excluding hydrogens is 703 g/mol.